The summed E-state index contributed by atoms with van der Waals surface area (Å²) < 4.78 is 13.8. The van der Waals surface area contributed by atoms with Gasteiger partial charge in [-0.05, 0) is 98.2 Å². The lowest BCUT2D eigenvalue weighted by atomic mass is 10.0. The van der Waals surface area contributed by atoms with Gasteiger partial charge in [0.15, 0.2) is 0 Å². The Morgan fingerprint density at radius 1 is 0.897 bits per heavy atom. The molecular weight excluding hydrogens is 380 g/mol. The third-order valence-electron chi connectivity index (χ3n) is 5.79. The molecule has 2 aromatic rings. The summed E-state index contributed by atoms with van der Waals surface area (Å²) in [6.45, 7) is 6.52. The van der Waals surface area contributed by atoms with E-state index in [2.05, 4.69) is 39.5 Å². The van der Waals surface area contributed by atoms with E-state index in [4.69, 9.17) is 9.47 Å². The van der Waals surface area contributed by atoms with Gasteiger partial charge >= 0.3 is 0 Å². The van der Waals surface area contributed by atoms with Gasteiger partial charge in [-0.2, -0.15) is 0 Å². The first-order valence-corrected chi connectivity index (χ1v) is 11.6. The predicted molar refractivity (Wildman–Crippen MR) is 120 cm³/mol. The Bertz CT molecular complexity index is 775. The molecule has 0 aromatic heterocycles. The SMILES string of the molecule is COc1ccc(SN2CCc3ccc(OCCCN4CCCCC4)cc3C2)cc1. The van der Waals surface area contributed by atoms with E-state index in [0.717, 1.165) is 50.6 Å². The molecule has 2 aromatic carbocycles. The van der Waals surface area contributed by atoms with Gasteiger partial charge in [-0.1, -0.05) is 12.5 Å². The van der Waals surface area contributed by atoms with Crippen molar-refractivity contribution in [3.05, 3.63) is 53.6 Å². The number of methoxy groups -OCH3 is 1. The number of nitrogens with zero attached hydrogens (tertiary/aromatic N) is 2. The fourth-order valence-corrected chi connectivity index (χ4v) is 5.06. The van der Waals surface area contributed by atoms with E-state index in [-0.39, 0.29) is 0 Å². The molecule has 2 aliphatic heterocycles. The molecule has 0 amide bonds. The van der Waals surface area contributed by atoms with Gasteiger partial charge in [0.2, 0.25) is 0 Å². The zero-order chi connectivity index (χ0) is 19.9. The number of benzene rings is 2. The maximum Gasteiger partial charge on any atom is 0.119 e. The molecule has 29 heavy (non-hydrogen) atoms. The molecule has 1 saturated heterocycles. The number of piperidine rings is 1. The third kappa shape index (κ3) is 5.91. The summed E-state index contributed by atoms with van der Waals surface area (Å²) in [4.78, 5) is 3.83. The van der Waals surface area contributed by atoms with Crippen molar-refractivity contribution in [1.29, 1.82) is 0 Å². The van der Waals surface area contributed by atoms with E-state index < -0.39 is 0 Å². The molecule has 2 aliphatic rings. The minimum Gasteiger partial charge on any atom is -0.497 e. The highest BCUT2D eigenvalue weighted by molar-refractivity contribution is 7.97. The Labute approximate surface area is 179 Å². The van der Waals surface area contributed by atoms with Gasteiger partial charge in [0.1, 0.15) is 11.5 Å². The largest absolute Gasteiger partial charge is 0.497 e. The third-order valence-corrected chi connectivity index (χ3v) is 6.84. The van der Waals surface area contributed by atoms with Crippen molar-refractivity contribution in [2.45, 2.75) is 43.5 Å². The second-order valence-corrected chi connectivity index (χ2v) is 9.09. The van der Waals surface area contributed by atoms with Crippen molar-refractivity contribution in [2.75, 3.05) is 39.9 Å². The van der Waals surface area contributed by atoms with Gasteiger partial charge < -0.3 is 14.4 Å². The van der Waals surface area contributed by atoms with E-state index in [0.29, 0.717) is 0 Å². The van der Waals surface area contributed by atoms with Crippen LogP contribution in [0.25, 0.3) is 0 Å². The summed E-state index contributed by atoms with van der Waals surface area (Å²) in [5, 5.41) is 0. The van der Waals surface area contributed by atoms with Crippen LogP contribution in [-0.4, -0.2) is 49.1 Å². The van der Waals surface area contributed by atoms with E-state index in [1.165, 1.54) is 48.4 Å². The van der Waals surface area contributed by atoms with Crippen LogP contribution < -0.4 is 9.47 Å². The lowest BCUT2D eigenvalue weighted by Gasteiger charge is -2.28. The first kappa shape index (κ1) is 20.6. The summed E-state index contributed by atoms with van der Waals surface area (Å²) in [6, 6.07) is 14.9. The number of hydrogen-bond acceptors (Lipinski definition) is 5. The van der Waals surface area contributed by atoms with Gasteiger partial charge in [0.05, 0.1) is 13.7 Å². The van der Waals surface area contributed by atoms with E-state index in [9.17, 15) is 0 Å². The lowest BCUT2D eigenvalue weighted by Crippen LogP contribution is -2.31. The average Bonchev–Trinajstić information content (AvgIpc) is 2.78. The van der Waals surface area contributed by atoms with Crippen molar-refractivity contribution in [2.24, 2.45) is 0 Å². The Morgan fingerprint density at radius 3 is 2.48 bits per heavy atom. The molecular formula is C24H32N2O2S. The van der Waals surface area contributed by atoms with Gasteiger partial charge in [-0.25, -0.2) is 4.31 Å². The molecule has 0 bridgehead atoms. The van der Waals surface area contributed by atoms with Crippen molar-refractivity contribution >= 4 is 11.9 Å². The highest BCUT2D eigenvalue weighted by Crippen LogP contribution is 2.31. The smallest absolute Gasteiger partial charge is 0.119 e. The molecule has 0 radical (unpaired) electrons. The summed E-state index contributed by atoms with van der Waals surface area (Å²) >= 11 is 1.82. The quantitative estimate of drug-likeness (QED) is 0.448. The first-order chi connectivity index (χ1) is 14.3. The van der Waals surface area contributed by atoms with Crippen molar-refractivity contribution in [3.63, 3.8) is 0 Å². The number of likely N-dealkylation sites (tertiary alicyclic amines) is 1. The number of ether oxygens (including phenoxy) is 2. The molecule has 2 heterocycles. The van der Waals surface area contributed by atoms with Gasteiger partial charge in [-0.15, -0.1) is 0 Å². The summed E-state index contributed by atoms with van der Waals surface area (Å²) in [5.74, 6) is 1.92. The van der Waals surface area contributed by atoms with Gasteiger partial charge in [0.25, 0.3) is 0 Å². The molecule has 0 saturated carbocycles. The molecule has 4 nitrogen and oxygen atoms in total. The normalized spacial score (nSPS) is 17.7. The molecule has 0 unspecified atom stereocenters. The molecule has 0 spiro atoms. The second kappa shape index (κ2) is 10.4. The van der Waals surface area contributed by atoms with E-state index in [1.807, 2.05) is 24.1 Å². The van der Waals surface area contributed by atoms with Crippen LogP contribution in [-0.2, 0) is 13.0 Å². The molecule has 4 rings (SSSR count). The number of fused-ring (bicyclic) bond motifs is 1. The molecule has 1 fully saturated rings. The highest BCUT2D eigenvalue weighted by atomic mass is 32.2. The van der Waals surface area contributed by atoms with Crippen molar-refractivity contribution < 1.29 is 9.47 Å². The zero-order valence-corrected chi connectivity index (χ0v) is 18.3. The molecule has 156 valence electrons. The van der Waals surface area contributed by atoms with Crippen LogP contribution in [0.5, 0.6) is 11.5 Å². The highest BCUT2D eigenvalue weighted by Gasteiger charge is 2.18. The van der Waals surface area contributed by atoms with Crippen LogP contribution in [0.1, 0.15) is 36.8 Å². The summed E-state index contributed by atoms with van der Waals surface area (Å²) in [6.07, 6.45) is 6.31. The number of rotatable bonds is 8. The molecule has 0 N–H and O–H groups in total. The van der Waals surface area contributed by atoms with Crippen LogP contribution >= 0.6 is 11.9 Å². The molecule has 0 aliphatic carbocycles. The Kier molecular flexibility index (Phi) is 7.36. The standard InChI is InChI=1S/C24H32N2O2S/c1-27-22-8-10-24(11-9-22)29-26-16-12-20-6-7-23(18-21(20)19-26)28-17-5-15-25-13-3-2-4-14-25/h6-11,18H,2-5,12-17,19H2,1H3. The monoisotopic (exact) mass is 412 g/mol. The summed E-state index contributed by atoms with van der Waals surface area (Å²) in [7, 11) is 1.71. The van der Waals surface area contributed by atoms with Gasteiger partial charge in [-0.3, -0.25) is 0 Å². The maximum absolute atomic E-state index is 6.08. The van der Waals surface area contributed by atoms with Crippen LogP contribution in [0.3, 0.4) is 0 Å². The van der Waals surface area contributed by atoms with Crippen molar-refractivity contribution in [1.82, 2.24) is 9.21 Å². The van der Waals surface area contributed by atoms with E-state index >= 15 is 0 Å². The summed E-state index contributed by atoms with van der Waals surface area (Å²) in [5.41, 5.74) is 2.85. The second-order valence-electron chi connectivity index (χ2n) is 7.92. The minimum atomic E-state index is 0.805. The van der Waals surface area contributed by atoms with E-state index in [1.54, 1.807) is 7.11 Å². The topological polar surface area (TPSA) is 24.9 Å². The molecule has 5 heteroatoms. The fourth-order valence-electron chi connectivity index (χ4n) is 4.12. The Morgan fingerprint density at radius 2 is 1.69 bits per heavy atom. The number of hydrogen-bond donors (Lipinski definition) is 0. The minimum absolute atomic E-state index is 0.805. The average molecular weight is 413 g/mol. The lowest BCUT2D eigenvalue weighted by molar-refractivity contribution is 0.205. The maximum atomic E-state index is 6.08. The van der Waals surface area contributed by atoms with Crippen LogP contribution in [0.4, 0.5) is 0 Å². The van der Waals surface area contributed by atoms with Crippen LogP contribution in [0.15, 0.2) is 47.4 Å². The fraction of sp³-hybridized carbons (Fsp3) is 0.500. The molecule has 0 atom stereocenters. The first-order valence-electron chi connectivity index (χ1n) is 10.8. The van der Waals surface area contributed by atoms with Gasteiger partial charge in [0, 0.05) is 24.5 Å². The van der Waals surface area contributed by atoms with Crippen LogP contribution in [0, 0.1) is 0 Å². The predicted octanol–water partition coefficient (Wildman–Crippen LogP) is 5.02. The Hall–Kier alpha value is -1.69. The van der Waals surface area contributed by atoms with Crippen molar-refractivity contribution in [3.8, 4) is 11.5 Å². The van der Waals surface area contributed by atoms with Crippen LogP contribution in [0.2, 0.25) is 0 Å². The Balaban J connectivity index is 1.27. The zero-order valence-electron chi connectivity index (χ0n) is 17.4.